The molecular formula is C26H33ClN4O2. The molecule has 6 nitrogen and oxygen atoms in total. The van der Waals surface area contributed by atoms with E-state index in [9.17, 15) is 9.59 Å². The van der Waals surface area contributed by atoms with Gasteiger partial charge in [-0.05, 0) is 48.9 Å². The van der Waals surface area contributed by atoms with E-state index in [1.165, 1.54) is 5.56 Å². The fourth-order valence-corrected chi connectivity index (χ4v) is 4.92. The van der Waals surface area contributed by atoms with Crippen molar-refractivity contribution in [1.29, 1.82) is 0 Å². The second kappa shape index (κ2) is 11.0. The summed E-state index contributed by atoms with van der Waals surface area (Å²) in [5, 5.41) is 3.88. The first kappa shape index (κ1) is 23.6. The number of carbonyl (C=O) groups is 2. The monoisotopic (exact) mass is 468 g/mol. The van der Waals surface area contributed by atoms with Crippen molar-refractivity contribution in [2.24, 2.45) is 0 Å². The lowest BCUT2D eigenvalue weighted by Gasteiger charge is -2.34. The first-order chi connectivity index (χ1) is 16.0. The van der Waals surface area contributed by atoms with Crippen molar-refractivity contribution < 1.29 is 9.59 Å². The van der Waals surface area contributed by atoms with Crippen molar-refractivity contribution in [3.05, 3.63) is 70.7 Å². The van der Waals surface area contributed by atoms with Gasteiger partial charge in [-0.25, -0.2) is 4.79 Å². The molecule has 4 rings (SSSR count). The van der Waals surface area contributed by atoms with Gasteiger partial charge < -0.3 is 15.1 Å². The van der Waals surface area contributed by atoms with Crippen LogP contribution in [-0.4, -0.2) is 65.4 Å². The molecule has 2 aliphatic heterocycles. The summed E-state index contributed by atoms with van der Waals surface area (Å²) in [6, 6.07) is 17.7. The number of hydrogen-bond donors (Lipinski definition) is 1. The maximum atomic E-state index is 13.1. The highest BCUT2D eigenvalue weighted by atomic mass is 35.5. The zero-order valence-electron chi connectivity index (χ0n) is 19.3. The number of rotatable bonds is 6. The second-order valence-electron chi connectivity index (χ2n) is 9.16. The van der Waals surface area contributed by atoms with Crippen LogP contribution in [0.15, 0.2) is 54.6 Å². The Morgan fingerprint density at radius 1 is 0.970 bits per heavy atom. The van der Waals surface area contributed by atoms with Crippen molar-refractivity contribution in [3.63, 3.8) is 0 Å². The number of nitrogens with zero attached hydrogens (tertiary/aromatic N) is 3. The van der Waals surface area contributed by atoms with Crippen LogP contribution in [0.4, 0.5) is 4.79 Å². The Morgan fingerprint density at radius 2 is 1.67 bits per heavy atom. The van der Waals surface area contributed by atoms with Crippen LogP contribution in [0.25, 0.3) is 0 Å². The quantitative estimate of drug-likeness (QED) is 0.693. The smallest absolute Gasteiger partial charge is 0.318 e. The highest BCUT2D eigenvalue weighted by molar-refractivity contribution is 6.30. The number of piperidine rings is 1. The van der Waals surface area contributed by atoms with Gasteiger partial charge in [0.15, 0.2) is 0 Å². The summed E-state index contributed by atoms with van der Waals surface area (Å²) in [4.78, 5) is 32.0. The Labute approximate surface area is 201 Å². The molecule has 2 aliphatic rings. The summed E-state index contributed by atoms with van der Waals surface area (Å²) < 4.78 is 0. The fourth-order valence-electron chi connectivity index (χ4n) is 4.80. The molecule has 1 N–H and O–H groups in total. The van der Waals surface area contributed by atoms with Gasteiger partial charge in [-0.1, -0.05) is 54.1 Å². The Kier molecular flexibility index (Phi) is 7.89. The van der Waals surface area contributed by atoms with E-state index < -0.39 is 0 Å². The molecule has 3 amide bonds. The third-order valence-corrected chi connectivity index (χ3v) is 6.92. The summed E-state index contributed by atoms with van der Waals surface area (Å²) in [7, 11) is 1.80. The SMILES string of the molecule is CN(Cc1ccc(Cl)cc1)C(=O)[C@H]1CCCN1C(=O)NC1CCN(Cc2ccccc2)CC1. The Balaban J connectivity index is 1.26. The maximum absolute atomic E-state index is 13.1. The molecule has 0 radical (unpaired) electrons. The van der Waals surface area contributed by atoms with E-state index in [0.29, 0.717) is 24.5 Å². The molecule has 2 saturated heterocycles. The summed E-state index contributed by atoms with van der Waals surface area (Å²) in [6.07, 6.45) is 3.43. The molecule has 7 heteroatoms. The fraction of sp³-hybridized carbons (Fsp3) is 0.462. The predicted octanol–water partition coefficient (Wildman–Crippen LogP) is 4.14. The average Bonchev–Trinajstić information content (AvgIpc) is 3.32. The van der Waals surface area contributed by atoms with E-state index >= 15 is 0 Å². The number of likely N-dealkylation sites (tertiary alicyclic amines) is 2. The lowest BCUT2D eigenvalue weighted by Crippen LogP contribution is -2.53. The molecule has 0 unspecified atom stereocenters. The van der Waals surface area contributed by atoms with E-state index in [1.54, 1.807) is 16.8 Å². The summed E-state index contributed by atoms with van der Waals surface area (Å²) >= 11 is 5.96. The minimum Gasteiger partial charge on any atom is -0.340 e. The van der Waals surface area contributed by atoms with E-state index in [-0.39, 0.29) is 24.0 Å². The molecule has 0 saturated carbocycles. The summed E-state index contributed by atoms with van der Waals surface area (Å²) in [5.74, 6) is -0.00437. The van der Waals surface area contributed by atoms with Crippen molar-refractivity contribution in [2.75, 3.05) is 26.7 Å². The highest BCUT2D eigenvalue weighted by Gasteiger charge is 2.36. The van der Waals surface area contributed by atoms with Crippen LogP contribution in [0.2, 0.25) is 5.02 Å². The van der Waals surface area contributed by atoms with Gasteiger partial charge in [0.1, 0.15) is 6.04 Å². The van der Waals surface area contributed by atoms with Gasteiger partial charge in [0.25, 0.3) is 0 Å². The molecule has 0 aliphatic carbocycles. The number of nitrogens with one attached hydrogen (secondary N) is 1. The molecule has 2 aromatic rings. The van der Waals surface area contributed by atoms with Crippen LogP contribution in [-0.2, 0) is 17.9 Å². The van der Waals surface area contributed by atoms with Crippen LogP contribution < -0.4 is 5.32 Å². The Morgan fingerprint density at radius 3 is 2.36 bits per heavy atom. The van der Waals surface area contributed by atoms with E-state index in [1.807, 2.05) is 30.3 Å². The molecule has 0 bridgehead atoms. The number of likely N-dealkylation sites (N-methyl/N-ethyl adjacent to an activating group) is 1. The van der Waals surface area contributed by atoms with E-state index in [2.05, 4.69) is 34.5 Å². The number of urea groups is 1. The first-order valence-electron chi connectivity index (χ1n) is 11.8. The maximum Gasteiger partial charge on any atom is 0.318 e. The molecule has 0 aromatic heterocycles. The first-order valence-corrected chi connectivity index (χ1v) is 12.2. The minimum absolute atomic E-state index is 0.00437. The zero-order chi connectivity index (χ0) is 23.2. The van der Waals surface area contributed by atoms with Gasteiger partial charge >= 0.3 is 6.03 Å². The third kappa shape index (κ3) is 6.27. The highest BCUT2D eigenvalue weighted by Crippen LogP contribution is 2.22. The molecule has 176 valence electrons. The molecule has 2 aromatic carbocycles. The van der Waals surface area contributed by atoms with Crippen molar-refractivity contribution in [1.82, 2.24) is 20.0 Å². The van der Waals surface area contributed by atoms with Crippen molar-refractivity contribution in [2.45, 2.75) is 50.9 Å². The second-order valence-corrected chi connectivity index (χ2v) is 9.59. The summed E-state index contributed by atoms with van der Waals surface area (Å²) in [6.45, 7) is 4.01. The van der Waals surface area contributed by atoms with Gasteiger partial charge in [-0.3, -0.25) is 9.69 Å². The van der Waals surface area contributed by atoms with Crippen LogP contribution in [0, 0.1) is 0 Å². The van der Waals surface area contributed by atoms with Crippen molar-refractivity contribution in [3.8, 4) is 0 Å². The Hall–Kier alpha value is -2.57. The minimum atomic E-state index is -0.388. The van der Waals surface area contributed by atoms with Crippen LogP contribution in [0.5, 0.6) is 0 Å². The van der Waals surface area contributed by atoms with Gasteiger partial charge in [-0.15, -0.1) is 0 Å². The normalized spacial score (nSPS) is 19.5. The number of benzene rings is 2. The van der Waals surface area contributed by atoms with Crippen LogP contribution in [0.3, 0.4) is 0 Å². The van der Waals surface area contributed by atoms with Crippen LogP contribution in [0.1, 0.15) is 36.8 Å². The molecule has 2 fully saturated rings. The zero-order valence-corrected chi connectivity index (χ0v) is 20.0. The average molecular weight is 469 g/mol. The molecule has 0 spiro atoms. The van der Waals surface area contributed by atoms with Gasteiger partial charge in [0, 0.05) is 50.8 Å². The number of carbonyl (C=O) groups excluding carboxylic acids is 2. The van der Waals surface area contributed by atoms with Gasteiger partial charge in [0.05, 0.1) is 0 Å². The van der Waals surface area contributed by atoms with Crippen LogP contribution >= 0.6 is 11.6 Å². The lowest BCUT2D eigenvalue weighted by molar-refractivity contribution is -0.134. The Bertz CT molecular complexity index is 929. The molecule has 2 heterocycles. The molecule has 33 heavy (non-hydrogen) atoms. The number of halogens is 1. The third-order valence-electron chi connectivity index (χ3n) is 6.67. The van der Waals surface area contributed by atoms with Gasteiger partial charge in [-0.2, -0.15) is 0 Å². The number of hydrogen-bond acceptors (Lipinski definition) is 3. The molecule has 1 atom stereocenters. The number of amides is 3. The van der Waals surface area contributed by atoms with E-state index in [4.69, 9.17) is 11.6 Å². The predicted molar refractivity (Wildman–Crippen MR) is 131 cm³/mol. The largest absolute Gasteiger partial charge is 0.340 e. The van der Waals surface area contributed by atoms with E-state index in [0.717, 1.165) is 44.5 Å². The van der Waals surface area contributed by atoms with Gasteiger partial charge in [0.2, 0.25) is 5.91 Å². The van der Waals surface area contributed by atoms with Crippen molar-refractivity contribution >= 4 is 23.5 Å². The lowest BCUT2D eigenvalue weighted by atomic mass is 10.0. The summed E-state index contributed by atoms with van der Waals surface area (Å²) in [5.41, 5.74) is 2.34. The topological polar surface area (TPSA) is 55.9 Å². The standard InChI is InChI=1S/C26H33ClN4O2/c1-29(18-21-9-11-22(27)12-10-21)25(32)24-8-5-15-31(24)26(33)28-23-13-16-30(17-14-23)19-20-6-3-2-4-7-20/h2-4,6-7,9-12,23-24H,5,8,13-19H2,1H3,(H,28,33)/t24-/m1/s1. The molecular weight excluding hydrogens is 436 g/mol.